The second-order valence-electron chi connectivity index (χ2n) is 8.65. The molecule has 27 heavy (non-hydrogen) atoms. The SMILES string of the molecule is Cc1nc(C2CC3CCC(C2)N3C(=O)[C@H]2C3C=CC(CC3)[C@H]2C(=O)O)no1. The number of carbonyl (C=O) groups excluding carboxylic acids is 1. The van der Waals surface area contributed by atoms with E-state index in [0.717, 1.165) is 44.3 Å². The molecular weight excluding hydrogens is 346 g/mol. The van der Waals surface area contributed by atoms with Crippen molar-refractivity contribution >= 4 is 11.9 Å². The number of carbonyl (C=O) groups is 2. The number of allylic oxidation sites excluding steroid dienone is 2. The van der Waals surface area contributed by atoms with Crippen LogP contribution in [-0.4, -0.2) is 44.1 Å². The summed E-state index contributed by atoms with van der Waals surface area (Å²) in [5, 5.41) is 13.9. The van der Waals surface area contributed by atoms with Crippen LogP contribution >= 0.6 is 0 Å². The van der Waals surface area contributed by atoms with Crippen LogP contribution in [-0.2, 0) is 9.59 Å². The first-order valence-corrected chi connectivity index (χ1v) is 10.1. The number of aliphatic carboxylic acids is 1. The number of carboxylic acids is 1. The summed E-state index contributed by atoms with van der Waals surface area (Å²) in [4.78, 5) is 31.9. The third-order valence-electron chi connectivity index (χ3n) is 7.21. The van der Waals surface area contributed by atoms with Gasteiger partial charge in [-0.2, -0.15) is 4.98 Å². The van der Waals surface area contributed by atoms with E-state index in [-0.39, 0.29) is 35.7 Å². The molecule has 0 radical (unpaired) electrons. The third-order valence-corrected chi connectivity index (χ3v) is 7.21. The zero-order valence-corrected chi connectivity index (χ0v) is 15.5. The Labute approximate surface area is 157 Å². The maximum absolute atomic E-state index is 13.5. The molecule has 3 aliphatic carbocycles. The fourth-order valence-corrected chi connectivity index (χ4v) is 6.07. The number of fused-ring (bicyclic) bond motifs is 4. The van der Waals surface area contributed by atoms with Gasteiger partial charge in [-0.3, -0.25) is 9.59 Å². The van der Waals surface area contributed by atoms with Crippen LogP contribution in [0.1, 0.15) is 56.2 Å². The van der Waals surface area contributed by atoms with Crippen LogP contribution in [0.15, 0.2) is 16.7 Å². The van der Waals surface area contributed by atoms with Crippen LogP contribution in [0.4, 0.5) is 0 Å². The minimum Gasteiger partial charge on any atom is -0.481 e. The number of aromatic nitrogens is 2. The van der Waals surface area contributed by atoms with Gasteiger partial charge >= 0.3 is 5.97 Å². The third kappa shape index (κ3) is 2.62. The molecule has 2 saturated heterocycles. The van der Waals surface area contributed by atoms with Gasteiger partial charge in [-0.05, 0) is 50.4 Å². The van der Waals surface area contributed by atoms with Crippen molar-refractivity contribution in [2.75, 3.05) is 0 Å². The highest BCUT2D eigenvalue weighted by Crippen LogP contribution is 2.49. The second-order valence-corrected chi connectivity index (χ2v) is 8.65. The molecule has 1 amide bonds. The quantitative estimate of drug-likeness (QED) is 0.820. The van der Waals surface area contributed by atoms with Crippen LogP contribution in [0.3, 0.4) is 0 Å². The number of nitrogens with zero attached hydrogens (tertiary/aromatic N) is 3. The maximum atomic E-state index is 13.5. The summed E-state index contributed by atoms with van der Waals surface area (Å²) in [6.07, 6.45) is 9.58. The molecule has 1 aromatic rings. The van der Waals surface area contributed by atoms with Crippen molar-refractivity contribution in [1.29, 1.82) is 0 Å². The van der Waals surface area contributed by atoms with Gasteiger partial charge in [0.25, 0.3) is 0 Å². The van der Waals surface area contributed by atoms with Crippen LogP contribution in [0.5, 0.6) is 0 Å². The Kier molecular flexibility index (Phi) is 3.88. The van der Waals surface area contributed by atoms with E-state index < -0.39 is 17.8 Å². The van der Waals surface area contributed by atoms with Gasteiger partial charge in [-0.1, -0.05) is 17.3 Å². The highest BCUT2D eigenvalue weighted by Gasteiger charge is 2.53. The van der Waals surface area contributed by atoms with Crippen molar-refractivity contribution in [3.05, 3.63) is 23.9 Å². The Hall–Kier alpha value is -2.18. The minimum absolute atomic E-state index is 0.000974. The predicted molar refractivity (Wildman–Crippen MR) is 94.6 cm³/mol. The van der Waals surface area contributed by atoms with E-state index in [4.69, 9.17) is 4.52 Å². The first kappa shape index (κ1) is 17.0. The summed E-state index contributed by atoms with van der Waals surface area (Å²) in [6, 6.07) is 0.331. The van der Waals surface area contributed by atoms with Gasteiger partial charge in [0, 0.05) is 24.9 Å². The summed E-state index contributed by atoms with van der Waals surface area (Å²) < 4.78 is 5.14. The Morgan fingerprint density at radius 1 is 1.07 bits per heavy atom. The Balaban J connectivity index is 1.38. The minimum atomic E-state index is -0.822. The fraction of sp³-hybridized carbons (Fsp3) is 0.700. The van der Waals surface area contributed by atoms with Crippen LogP contribution in [0, 0.1) is 30.6 Å². The lowest BCUT2D eigenvalue weighted by Gasteiger charge is -2.46. The van der Waals surface area contributed by atoms with Crippen molar-refractivity contribution in [1.82, 2.24) is 15.0 Å². The van der Waals surface area contributed by atoms with Gasteiger partial charge in [0.15, 0.2) is 5.82 Å². The van der Waals surface area contributed by atoms with Crippen LogP contribution < -0.4 is 0 Å². The molecule has 3 heterocycles. The molecule has 6 rings (SSSR count). The molecule has 0 aromatic carbocycles. The molecule has 7 nitrogen and oxygen atoms in total. The zero-order valence-electron chi connectivity index (χ0n) is 15.5. The van der Waals surface area contributed by atoms with Gasteiger partial charge in [0.1, 0.15) is 0 Å². The topological polar surface area (TPSA) is 96.5 Å². The van der Waals surface area contributed by atoms with Crippen LogP contribution in [0.25, 0.3) is 0 Å². The maximum Gasteiger partial charge on any atom is 0.307 e. The molecule has 5 aliphatic rings. The summed E-state index contributed by atoms with van der Waals surface area (Å²) in [5.41, 5.74) is 0. The summed E-state index contributed by atoms with van der Waals surface area (Å²) in [7, 11) is 0. The predicted octanol–water partition coefficient (Wildman–Crippen LogP) is 2.53. The zero-order chi connectivity index (χ0) is 18.7. The van der Waals surface area contributed by atoms with E-state index in [9.17, 15) is 14.7 Å². The molecule has 1 N–H and O–H groups in total. The van der Waals surface area contributed by atoms with Crippen molar-refractivity contribution in [2.45, 2.75) is 63.5 Å². The van der Waals surface area contributed by atoms with Gasteiger partial charge < -0.3 is 14.5 Å². The van der Waals surface area contributed by atoms with E-state index in [1.165, 1.54) is 0 Å². The van der Waals surface area contributed by atoms with E-state index in [2.05, 4.69) is 16.2 Å². The van der Waals surface area contributed by atoms with Crippen molar-refractivity contribution < 1.29 is 19.2 Å². The molecule has 1 aromatic heterocycles. The number of amides is 1. The molecule has 0 spiro atoms. The monoisotopic (exact) mass is 371 g/mol. The molecule has 3 fully saturated rings. The van der Waals surface area contributed by atoms with Gasteiger partial charge in [0.05, 0.1) is 11.8 Å². The van der Waals surface area contributed by atoms with Crippen molar-refractivity contribution in [3.8, 4) is 0 Å². The second kappa shape index (κ2) is 6.17. The lowest BCUT2D eigenvalue weighted by atomic mass is 9.61. The molecule has 1 saturated carbocycles. The van der Waals surface area contributed by atoms with E-state index >= 15 is 0 Å². The average molecular weight is 371 g/mol. The normalized spacial score (nSPS) is 39.7. The van der Waals surface area contributed by atoms with E-state index in [1.54, 1.807) is 6.92 Å². The first-order valence-electron chi connectivity index (χ1n) is 10.1. The molecular formula is C20H25N3O4. The Morgan fingerprint density at radius 3 is 2.22 bits per heavy atom. The van der Waals surface area contributed by atoms with Gasteiger partial charge in [-0.25, -0.2) is 0 Å². The summed E-state index contributed by atoms with van der Waals surface area (Å²) in [6.45, 7) is 1.79. The molecule has 4 unspecified atom stereocenters. The van der Waals surface area contributed by atoms with Gasteiger partial charge in [-0.15, -0.1) is 0 Å². The molecule has 6 atom stereocenters. The fourth-order valence-electron chi connectivity index (χ4n) is 6.07. The summed E-state index contributed by atoms with van der Waals surface area (Å²) in [5.74, 6) is -0.114. The van der Waals surface area contributed by atoms with E-state index in [1.807, 2.05) is 11.0 Å². The van der Waals surface area contributed by atoms with Crippen molar-refractivity contribution in [2.24, 2.45) is 23.7 Å². The highest BCUT2D eigenvalue weighted by molar-refractivity contribution is 5.87. The van der Waals surface area contributed by atoms with Crippen LogP contribution in [0.2, 0.25) is 0 Å². The number of hydrogen-bond donors (Lipinski definition) is 1. The first-order chi connectivity index (χ1) is 13.0. The molecule has 2 aliphatic heterocycles. The molecule has 7 heteroatoms. The average Bonchev–Trinajstić information content (AvgIpc) is 3.22. The number of piperidine rings is 1. The van der Waals surface area contributed by atoms with E-state index in [0.29, 0.717) is 5.89 Å². The van der Waals surface area contributed by atoms with Crippen molar-refractivity contribution in [3.63, 3.8) is 0 Å². The Bertz CT molecular complexity index is 789. The lowest BCUT2D eigenvalue weighted by Crippen LogP contribution is -2.55. The standard InChI is InChI=1S/C20H25N3O4/c1-10-21-18(22-27-10)13-8-14-6-7-15(9-13)23(14)19(24)16-11-2-4-12(5-3-11)17(16)20(25)26/h2,4,11-17H,3,5-9H2,1H3,(H,25,26)/t11?,12?,13?,14?,15?,16-,17+/m0/s1. The van der Waals surface area contributed by atoms with Gasteiger partial charge in [0.2, 0.25) is 11.8 Å². The number of carboxylic acid groups (broad SMARTS) is 1. The molecule has 4 bridgehead atoms. The molecule has 144 valence electrons. The number of rotatable bonds is 3. The summed E-state index contributed by atoms with van der Waals surface area (Å²) >= 11 is 0. The number of aryl methyl sites for hydroxylation is 1. The Morgan fingerprint density at radius 2 is 1.70 bits per heavy atom. The number of hydrogen-bond acceptors (Lipinski definition) is 5. The largest absolute Gasteiger partial charge is 0.481 e. The highest BCUT2D eigenvalue weighted by atomic mass is 16.5. The smallest absolute Gasteiger partial charge is 0.307 e. The lowest BCUT2D eigenvalue weighted by molar-refractivity contribution is -0.159.